The highest BCUT2D eigenvalue weighted by Gasteiger charge is 2.19. The van der Waals surface area contributed by atoms with Gasteiger partial charge >= 0.3 is 0 Å². The third-order valence-electron chi connectivity index (χ3n) is 3.89. The Labute approximate surface area is 122 Å². The minimum atomic E-state index is 0.567. The Morgan fingerprint density at radius 3 is 2.70 bits per heavy atom. The van der Waals surface area contributed by atoms with Crippen molar-refractivity contribution in [3.05, 3.63) is 11.9 Å². The van der Waals surface area contributed by atoms with Crippen molar-refractivity contribution >= 4 is 11.6 Å². The van der Waals surface area contributed by atoms with Gasteiger partial charge in [-0.25, -0.2) is 9.97 Å². The van der Waals surface area contributed by atoms with E-state index < -0.39 is 0 Å². The summed E-state index contributed by atoms with van der Waals surface area (Å²) in [6.07, 6.45) is 7.22. The summed E-state index contributed by atoms with van der Waals surface area (Å²) in [6.45, 7) is 7.50. The Hall–Kier alpha value is -1.32. The Bertz CT molecular complexity index is 395. The van der Waals surface area contributed by atoms with Crippen LogP contribution in [0.2, 0.25) is 0 Å². The summed E-state index contributed by atoms with van der Waals surface area (Å²) in [5.74, 6) is 3.69. The number of hydrogen-bond acceptors (Lipinski definition) is 4. The summed E-state index contributed by atoms with van der Waals surface area (Å²) in [5.41, 5.74) is 0. The molecule has 112 valence electrons. The molecule has 4 heteroatoms. The van der Waals surface area contributed by atoms with Crippen molar-refractivity contribution in [1.82, 2.24) is 9.97 Å². The molecule has 2 unspecified atom stereocenters. The molecule has 1 aromatic rings. The van der Waals surface area contributed by atoms with E-state index in [0.717, 1.165) is 42.8 Å². The van der Waals surface area contributed by atoms with E-state index in [1.165, 1.54) is 25.7 Å². The van der Waals surface area contributed by atoms with Gasteiger partial charge in [0, 0.05) is 25.1 Å². The van der Waals surface area contributed by atoms with Gasteiger partial charge in [-0.2, -0.15) is 0 Å². The van der Waals surface area contributed by atoms with Crippen LogP contribution in [0.4, 0.5) is 11.6 Å². The zero-order chi connectivity index (χ0) is 14.4. The molecule has 1 aromatic heterocycles. The summed E-state index contributed by atoms with van der Waals surface area (Å²) in [6, 6.07) is 2.61. The van der Waals surface area contributed by atoms with Crippen molar-refractivity contribution in [3.8, 4) is 0 Å². The number of rotatable bonds is 6. The van der Waals surface area contributed by atoms with Crippen LogP contribution in [0, 0.1) is 5.92 Å². The van der Waals surface area contributed by atoms with E-state index in [9.17, 15) is 0 Å². The number of nitrogens with zero attached hydrogens (tertiary/aromatic N) is 2. The summed E-state index contributed by atoms with van der Waals surface area (Å²) in [5, 5.41) is 6.92. The minimum Gasteiger partial charge on any atom is -0.370 e. The number of aromatic nitrogens is 2. The van der Waals surface area contributed by atoms with Crippen molar-refractivity contribution in [2.24, 2.45) is 5.92 Å². The second-order valence-corrected chi connectivity index (χ2v) is 5.95. The van der Waals surface area contributed by atoms with Crippen molar-refractivity contribution in [3.63, 3.8) is 0 Å². The van der Waals surface area contributed by atoms with Gasteiger partial charge in [-0.05, 0) is 32.1 Å². The van der Waals surface area contributed by atoms with Gasteiger partial charge in [0.2, 0.25) is 0 Å². The third kappa shape index (κ3) is 4.36. The molecule has 1 heterocycles. The molecule has 1 aliphatic carbocycles. The van der Waals surface area contributed by atoms with E-state index in [1.54, 1.807) is 0 Å². The van der Waals surface area contributed by atoms with Crippen molar-refractivity contribution in [2.45, 2.75) is 65.3 Å². The van der Waals surface area contributed by atoms with Gasteiger partial charge in [-0.1, -0.05) is 26.7 Å². The lowest BCUT2D eigenvalue weighted by molar-refractivity contribution is 0.358. The monoisotopic (exact) mass is 276 g/mol. The Morgan fingerprint density at radius 1 is 1.20 bits per heavy atom. The van der Waals surface area contributed by atoms with Gasteiger partial charge in [-0.3, -0.25) is 0 Å². The van der Waals surface area contributed by atoms with E-state index in [0.29, 0.717) is 6.04 Å². The Morgan fingerprint density at radius 2 is 2.00 bits per heavy atom. The minimum absolute atomic E-state index is 0.567. The lowest BCUT2D eigenvalue weighted by Crippen LogP contribution is -2.27. The second-order valence-electron chi connectivity index (χ2n) is 5.95. The molecule has 0 bridgehead atoms. The van der Waals surface area contributed by atoms with Gasteiger partial charge in [0.05, 0.1) is 0 Å². The van der Waals surface area contributed by atoms with Crippen LogP contribution in [-0.2, 0) is 6.42 Å². The van der Waals surface area contributed by atoms with Crippen LogP contribution in [0.15, 0.2) is 6.07 Å². The summed E-state index contributed by atoms with van der Waals surface area (Å²) in [7, 11) is 0. The average molecular weight is 276 g/mol. The molecule has 20 heavy (non-hydrogen) atoms. The van der Waals surface area contributed by atoms with E-state index >= 15 is 0 Å². The topological polar surface area (TPSA) is 49.8 Å². The maximum absolute atomic E-state index is 4.66. The molecule has 0 saturated heterocycles. The molecule has 2 N–H and O–H groups in total. The first kappa shape index (κ1) is 15.1. The maximum Gasteiger partial charge on any atom is 0.133 e. The smallest absolute Gasteiger partial charge is 0.133 e. The van der Waals surface area contributed by atoms with E-state index in [2.05, 4.69) is 41.4 Å². The first-order valence-electron chi connectivity index (χ1n) is 8.09. The van der Waals surface area contributed by atoms with Crippen LogP contribution in [0.25, 0.3) is 0 Å². The Kier molecular flexibility index (Phi) is 5.62. The van der Waals surface area contributed by atoms with Gasteiger partial charge in [0.15, 0.2) is 0 Å². The molecule has 0 amide bonds. The molecular formula is C16H28N4. The second kappa shape index (κ2) is 7.46. The fraction of sp³-hybridized carbons (Fsp3) is 0.750. The normalized spacial score (nSPS) is 22.6. The van der Waals surface area contributed by atoms with Gasteiger partial charge in [0.1, 0.15) is 17.5 Å². The number of anilines is 2. The predicted octanol–water partition coefficient (Wildman–Crippen LogP) is 3.85. The molecule has 0 aliphatic heterocycles. The highest BCUT2D eigenvalue weighted by atomic mass is 15.1. The lowest BCUT2D eigenvalue weighted by Gasteiger charge is -2.28. The molecular weight excluding hydrogens is 248 g/mol. The van der Waals surface area contributed by atoms with Crippen molar-refractivity contribution < 1.29 is 0 Å². The summed E-state index contributed by atoms with van der Waals surface area (Å²) < 4.78 is 0. The average Bonchev–Trinajstić information content (AvgIpc) is 2.39. The standard InChI is InChI=1S/C16H28N4/c1-4-7-14-19-15(17-5-2)11-16(20-14)18-13-9-6-8-12(3)10-13/h11-13H,4-10H2,1-3H3,(H2,17,18,19,20). The highest BCUT2D eigenvalue weighted by Crippen LogP contribution is 2.26. The summed E-state index contributed by atoms with van der Waals surface area (Å²) in [4.78, 5) is 9.22. The van der Waals surface area contributed by atoms with Crippen LogP contribution in [0.3, 0.4) is 0 Å². The predicted molar refractivity (Wildman–Crippen MR) is 85.2 cm³/mol. The molecule has 2 rings (SSSR count). The van der Waals surface area contributed by atoms with Crippen LogP contribution in [0.5, 0.6) is 0 Å². The van der Waals surface area contributed by atoms with E-state index in [1.807, 2.05) is 6.07 Å². The number of nitrogens with one attached hydrogen (secondary N) is 2. The molecule has 4 nitrogen and oxygen atoms in total. The maximum atomic E-state index is 4.66. The molecule has 1 saturated carbocycles. The molecule has 1 fully saturated rings. The van der Waals surface area contributed by atoms with Gasteiger partial charge < -0.3 is 10.6 Å². The highest BCUT2D eigenvalue weighted by molar-refractivity contribution is 5.48. The molecule has 1 aliphatic rings. The lowest BCUT2D eigenvalue weighted by atomic mass is 9.87. The van der Waals surface area contributed by atoms with Crippen LogP contribution in [-0.4, -0.2) is 22.6 Å². The van der Waals surface area contributed by atoms with Gasteiger partial charge in [0.25, 0.3) is 0 Å². The number of hydrogen-bond donors (Lipinski definition) is 2. The first-order chi connectivity index (χ1) is 9.71. The van der Waals surface area contributed by atoms with E-state index in [4.69, 9.17) is 0 Å². The Balaban J connectivity index is 2.08. The summed E-state index contributed by atoms with van der Waals surface area (Å²) >= 11 is 0. The molecule has 0 spiro atoms. The van der Waals surface area contributed by atoms with Crippen molar-refractivity contribution in [1.29, 1.82) is 0 Å². The SMILES string of the molecule is CCCc1nc(NCC)cc(NC2CCCC(C)C2)n1. The first-order valence-corrected chi connectivity index (χ1v) is 8.09. The van der Waals surface area contributed by atoms with Crippen LogP contribution < -0.4 is 10.6 Å². The van der Waals surface area contributed by atoms with Crippen molar-refractivity contribution in [2.75, 3.05) is 17.2 Å². The fourth-order valence-corrected chi connectivity index (χ4v) is 2.95. The fourth-order valence-electron chi connectivity index (χ4n) is 2.95. The van der Waals surface area contributed by atoms with Crippen LogP contribution in [0.1, 0.15) is 58.7 Å². The zero-order valence-electron chi connectivity index (χ0n) is 13.1. The van der Waals surface area contributed by atoms with Gasteiger partial charge in [-0.15, -0.1) is 0 Å². The number of aryl methyl sites for hydroxylation is 1. The van der Waals surface area contributed by atoms with E-state index in [-0.39, 0.29) is 0 Å². The third-order valence-corrected chi connectivity index (χ3v) is 3.89. The van der Waals surface area contributed by atoms with Crippen LogP contribution >= 0.6 is 0 Å². The largest absolute Gasteiger partial charge is 0.370 e. The zero-order valence-corrected chi connectivity index (χ0v) is 13.1. The molecule has 0 radical (unpaired) electrons. The molecule has 0 aromatic carbocycles. The molecule has 2 atom stereocenters. The quantitative estimate of drug-likeness (QED) is 0.828.